The first-order valence-corrected chi connectivity index (χ1v) is 8.79. The normalized spacial score (nSPS) is 11.8. The summed E-state index contributed by atoms with van der Waals surface area (Å²) in [5, 5.41) is 7.11. The zero-order valence-corrected chi connectivity index (χ0v) is 16.0. The summed E-state index contributed by atoms with van der Waals surface area (Å²) in [6, 6.07) is 1.40. The summed E-state index contributed by atoms with van der Waals surface area (Å²) in [6.45, 7) is 7.27. The maximum absolute atomic E-state index is 12.2. The molecule has 0 aromatic carbocycles. The lowest BCUT2D eigenvalue weighted by Gasteiger charge is -2.20. The smallest absolute Gasteiger partial charge is 0.329 e. The molecule has 0 radical (unpaired) electrons. The Labute approximate surface area is 158 Å². The summed E-state index contributed by atoms with van der Waals surface area (Å²) >= 11 is 0. The number of esters is 1. The number of amides is 4. The first-order valence-electron chi connectivity index (χ1n) is 8.79. The summed E-state index contributed by atoms with van der Waals surface area (Å²) in [5.41, 5.74) is 0. The lowest BCUT2D eigenvalue weighted by atomic mass is 10.0. The molecule has 0 bridgehead atoms. The Morgan fingerprint density at radius 2 is 1.85 bits per heavy atom. The molecule has 9 heteroatoms. The number of rotatable bonds is 9. The Morgan fingerprint density at radius 3 is 2.41 bits per heavy atom. The Hall–Kier alpha value is -2.84. The van der Waals surface area contributed by atoms with Crippen LogP contribution in [0.3, 0.4) is 0 Å². The van der Waals surface area contributed by atoms with Crippen LogP contribution < -0.4 is 16.0 Å². The van der Waals surface area contributed by atoms with E-state index in [-0.39, 0.29) is 11.7 Å². The van der Waals surface area contributed by atoms with Crippen LogP contribution in [0.2, 0.25) is 0 Å². The third-order valence-corrected chi connectivity index (χ3v) is 3.56. The van der Waals surface area contributed by atoms with Gasteiger partial charge in [-0.15, -0.1) is 0 Å². The molecule has 0 aliphatic heterocycles. The van der Waals surface area contributed by atoms with E-state index in [1.54, 1.807) is 19.9 Å². The molecule has 3 N–H and O–H groups in total. The molecule has 0 saturated carbocycles. The van der Waals surface area contributed by atoms with Crippen molar-refractivity contribution in [3.8, 4) is 0 Å². The van der Waals surface area contributed by atoms with Gasteiger partial charge in [0.05, 0.1) is 6.26 Å². The largest absolute Gasteiger partial charge is 0.459 e. The molecular formula is C18H27N3O6. The fourth-order valence-corrected chi connectivity index (χ4v) is 2.03. The number of urea groups is 1. The van der Waals surface area contributed by atoms with Crippen LogP contribution in [0.5, 0.6) is 0 Å². The van der Waals surface area contributed by atoms with E-state index in [2.05, 4.69) is 16.0 Å². The van der Waals surface area contributed by atoms with E-state index < -0.39 is 36.5 Å². The fraction of sp³-hybridized carbons (Fsp3) is 0.556. The predicted octanol–water partition coefficient (Wildman–Crippen LogP) is 1.45. The van der Waals surface area contributed by atoms with Crippen LogP contribution in [-0.2, 0) is 14.3 Å². The van der Waals surface area contributed by atoms with Gasteiger partial charge >= 0.3 is 12.0 Å². The number of carbonyl (C=O) groups excluding carboxylic acids is 4. The predicted molar refractivity (Wildman–Crippen MR) is 96.8 cm³/mol. The monoisotopic (exact) mass is 381 g/mol. The van der Waals surface area contributed by atoms with Crippen molar-refractivity contribution in [1.29, 1.82) is 0 Å². The SMILES string of the molecule is CC(C)CCNC(=O)NC(=O)COC(=O)[C@@H](NC(=O)c1ccco1)C(C)C. The van der Waals surface area contributed by atoms with E-state index in [1.807, 2.05) is 13.8 Å². The molecule has 1 aromatic heterocycles. The van der Waals surface area contributed by atoms with Crippen molar-refractivity contribution in [3.63, 3.8) is 0 Å². The third-order valence-electron chi connectivity index (χ3n) is 3.56. The minimum Gasteiger partial charge on any atom is -0.459 e. The average molecular weight is 381 g/mol. The van der Waals surface area contributed by atoms with Crippen molar-refractivity contribution in [2.75, 3.05) is 13.2 Å². The molecule has 1 heterocycles. The van der Waals surface area contributed by atoms with Crippen LogP contribution in [-0.4, -0.2) is 43.0 Å². The van der Waals surface area contributed by atoms with Crippen LogP contribution in [0.25, 0.3) is 0 Å². The van der Waals surface area contributed by atoms with Gasteiger partial charge in [0.25, 0.3) is 11.8 Å². The van der Waals surface area contributed by atoms with Crippen molar-refractivity contribution in [2.24, 2.45) is 11.8 Å². The van der Waals surface area contributed by atoms with Gasteiger partial charge in [0, 0.05) is 6.54 Å². The van der Waals surface area contributed by atoms with Crippen LogP contribution in [0.1, 0.15) is 44.7 Å². The zero-order valence-electron chi connectivity index (χ0n) is 16.0. The fourth-order valence-electron chi connectivity index (χ4n) is 2.03. The van der Waals surface area contributed by atoms with Gasteiger partial charge in [-0.05, 0) is 30.4 Å². The van der Waals surface area contributed by atoms with Crippen molar-refractivity contribution < 1.29 is 28.3 Å². The van der Waals surface area contributed by atoms with Crippen LogP contribution in [0, 0.1) is 11.8 Å². The third kappa shape index (κ3) is 8.39. The highest BCUT2D eigenvalue weighted by atomic mass is 16.5. The maximum atomic E-state index is 12.2. The van der Waals surface area contributed by atoms with Crippen molar-refractivity contribution in [2.45, 2.75) is 40.2 Å². The molecule has 9 nitrogen and oxygen atoms in total. The molecule has 1 atom stereocenters. The van der Waals surface area contributed by atoms with E-state index in [0.717, 1.165) is 6.42 Å². The maximum Gasteiger partial charge on any atom is 0.329 e. The summed E-state index contributed by atoms with van der Waals surface area (Å²) in [7, 11) is 0. The molecule has 0 fully saturated rings. The first kappa shape index (κ1) is 22.2. The van der Waals surface area contributed by atoms with E-state index >= 15 is 0 Å². The van der Waals surface area contributed by atoms with Crippen LogP contribution >= 0.6 is 0 Å². The molecule has 4 amide bonds. The second-order valence-corrected chi connectivity index (χ2v) is 6.77. The summed E-state index contributed by atoms with van der Waals surface area (Å²) < 4.78 is 9.88. The van der Waals surface area contributed by atoms with Gasteiger partial charge in [-0.2, -0.15) is 0 Å². The number of furan rings is 1. The van der Waals surface area contributed by atoms with E-state index in [4.69, 9.17) is 9.15 Å². The molecule has 0 spiro atoms. The average Bonchev–Trinajstić information content (AvgIpc) is 3.11. The van der Waals surface area contributed by atoms with Gasteiger partial charge in [0.2, 0.25) is 0 Å². The van der Waals surface area contributed by atoms with Gasteiger partial charge in [-0.3, -0.25) is 14.9 Å². The standard InChI is InChI=1S/C18H27N3O6/c1-11(2)7-8-19-18(25)20-14(22)10-27-17(24)15(12(3)4)21-16(23)13-6-5-9-26-13/h5-6,9,11-12,15H,7-8,10H2,1-4H3,(H,21,23)(H2,19,20,22,25)/t15-/m0/s1. The van der Waals surface area contributed by atoms with Gasteiger partial charge in [0.1, 0.15) is 6.04 Å². The van der Waals surface area contributed by atoms with Crippen molar-refractivity contribution in [3.05, 3.63) is 24.2 Å². The molecular weight excluding hydrogens is 354 g/mol. The highest BCUT2D eigenvalue weighted by Crippen LogP contribution is 2.07. The second-order valence-electron chi connectivity index (χ2n) is 6.77. The molecule has 0 aliphatic carbocycles. The highest BCUT2D eigenvalue weighted by molar-refractivity contribution is 5.97. The van der Waals surface area contributed by atoms with Crippen LogP contribution in [0.4, 0.5) is 4.79 Å². The number of hydrogen-bond donors (Lipinski definition) is 3. The zero-order chi connectivity index (χ0) is 20.4. The topological polar surface area (TPSA) is 127 Å². The van der Waals surface area contributed by atoms with Gasteiger partial charge in [-0.25, -0.2) is 9.59 Å². The summed E-state index contributed by atoms with van der Waals surface area (Å²) in [6.07, 6.45) is 2.12. The molecule has 0 unspecified atom stereocenters. The van der Waals surface area contributed by atoms with Gasteiger partial charge < -0.3 is 19.8 Å². The van der Waals surface area contributed by atoms with Gasteiger partial charge in [0.15, 0.2) is 12.4 Å². The first-order chi connectivity index (χ1) is 12.7. The van der Waals surface area contributed by atoms with E-state index in [0.29, 0.717) is 12.5 Å². The Bertz CT molecular complexity index is 640. The lowest BCUT2D eigenvalue weighted by molar-refractivity contribution is -0.151. The van der Waals surface area contributed by atoms with Crippen LogP contribution in [0.15, 0.2) is 22.8 Å². The Morgan fingerprint density at radius 1 is 1.15 bits per heavy atom. The Balaban J connectivity index is 2.43. The minimum atomic E-state index is -0.963. The molecule has 0 aliphatic rings. The molecule has 1 aromatic rings. The number of nitrogens with one attached hydrogen (secondary N) is 3. The molecule has 1 rings (SSSR count). The molecule has 27 heavy (non-hydrogen) atoms. The number of hydrogen-bond acceptors (Lipinski definition) is 6. The number of ether oxygens (including phenoxy) is 1. The Kier molecular flexibility index (Phi) is 9.04. The molecule has 150 valence electrons. The summed E-state index contributed by atoms with van der Waals surface area (Å²) in [4.78, 5) is 47.4. The molecule has 0 saturated heterocycles. The van der Waals surface area contributed by atoms with Gasteiger partial charge in [-0.1, -0.05) is 27.7 Å². The van der Waals surface area contributed by atoms with E-state index in [9.17, 15) is 19.2 Å². The summed E-state index contributed by atoms with van der Waals surface area (Å²) in [5.74, 6) is -1.90. The minimum absolute atomic E-state index is 0.0595. The lowest BCUT2D eigenvalue weighted by Crippen LogP contribution is -2.47. The second kappa shape index (κ2) is 11.0. The van der Waals surface area contributed by atoms with E-state index in [1.165, 1.54) is 12.3 Å². The number of carbonyl (C=O) groups is 4. The highest BCUT2D eigenvalue weighted by Gasteiger charge is 2.27. The van der Waals surface area contributed by atoms with Crippen molar-refractivity contribution in [1.82, 2.24) is 16.0 Å². The number of imide groups is 1. The van der Waals surface area contributed by atoms with Crippen molar-refractivity contribution >= 4 is 23.8 Å². The quantitative estimate of drug-likeness (QED) is 0.556.